The molecular weight excluding hydrogens is 404 g/mol. The Morgan fingerprint density at radius 2 is 2.13 bits per heavy atom. The molecule has 0 saturated carbocycles. The summed E-state index contributed by atoms with van der Waals surface area (Å²) in [4.78, 5) is 28.4. The number of carbonyl (C=O) groups excluding carboxylic acids is 2. The van der Waals surface area contributed by atoms with Gasteiger partial charge in [-0.2, -0.15) is 5.26 Å². The number of rotatable bonds is 7. The van der Waals surface area contributed by atoms with E-state index in [9.17, 15) is 14.9 Å². The van der Waals surface area contributed by atoms with Crippen LogP contribution in [-0.2, 0) is 27.2 Å². The molecule has 0 N–H and O–H groups in total. The van der Waals surface area contributed by atoms with Gasteiger partial charge in [-0.25, -0.2) is 9.78 Å². The lowest BCUT2D eigenvalue weighted by molar-refractivity contribution is -0.150. The van der Waals surface area contributed by atoms with E-state index >= 15 is 0 Å². The lowest BCUT2D eigenvalue weighted by Gasteiger charge is -2.09. The van der Waals surface area contributed by atoms with Crippen LogP contribution in [0.1, 0.15) is 40.8 Å². The van der Waals surface area contributed by atoms with Gasteiger partial charge in [0.2, 0.25) is 0 Å². The number of nitrogens with zero attached hydrogens (tertiary/aromatic N) is 2. The third kappa shape index (κ3) is 4.21. The van der Waals surface area contributed by atoms with Crippen LogP contribution in [0, 0.1) is 18.3 Å². The number of aryl methyl sites for hydroxylation is 3. The van der Waals surface area contributed by atoms with E-state index in [2.05, 4.69) is 4.98 Å². The van der Waals surface area contributed by atoms with Crippen molar-refractivity contribution in [2.45, 2.75) is 38.5 Å². The van der Waals surface area contributed by atoms with E-state index < -0.39 is 24.3 Å². The van der Waals surface area contributed by atoms with Gasteiger partial charge in [-0.1, -0.05) is 0 Å². The first-order valence-electron chi connectivity index (χ1n) is 9.72. The Labute approximate surface area is 177 Å². The fraction of sp³-hybridized carbons (Fsp3) is 0.364. The van der Waals surface area contributed by atoms with Gasteiger partial charge in [0.1, 0.15) is 22.1 Å². The Morgan fingerprint density at radius 3 is 2.90 bits per heavy atom. The number of furan rings is 1. The third-order valence-corrected chi connectivity index (χ3v) is 6.02. The van der Waals surface area contributed by atoms with Crippen molar-refractivity contribution in [2.24, 2.45) is 0 Å². The van der Waals surface area contributed by atoms with E-state index in [0.29, 0.717) is 10.8 Å². The monoisotopic (exact) mass is 424 g/mol. The number of ether oxygens (including phenoxy) is 2. The number of ketones is 1. The first kappa shape index (κ1) is 20.1. The summed E-state index contributed by atoms with van der Waals surface area (Å²) in [6.07, 6.45) is 4.20. The SMILES string of the molecule is Cc1csc([C@H](C#N)C(=O)COC(=O)COc2ccc3oc4c(c3c2)CCCC4)n1. The maximum absolute atomic E-state index is 12.2. The maximum Gasteiger partial charge on any atom is 0.344 e. The molecule has 8 heteroatoms. The zero-order valence-corrected chi connectivity index (χ0v) is 17.3. The largest absolute Gasteiger partial charge is 0.482 e. The second-order valence-corrected chi connectivity index (χ2v) is 8.06. The van der Waals surface area contributed by atoms with Crippen LogP contribution in [-0.4, -0.2) is 30.0 Å². The van der Waals surface area contributed by atoms with Crippen LogP contribution in [0.3, 0.4) is 0 Å². The molecule has 2 aromatic heterocycles. The van der Waals surface area contributed by atoms with Gasteiger partial charge in [0.25, 0.3) is 0 Å². The topological polar surface area (TPSA) is 102 Å². The van der Waals surface area contributed by atoms with Crippen molar-refractivity contribution in [1.82, 2.24) is 4.98 Å². The van der Waals surface area contributed by atoms with E-state index in [0.717, 1.165) is 48.1 Å². The van der Waals surface area contributed by atoms with Crippen molar-refractivity contribution in [3.05, 3.63) is 45.6 Å². The first-order valence-corrected chi connectivity index (χ1v) is 10.6. The fourth-order valence-electron chi connectivity index (χ4n) is 3.52. The summed E-state index contributed by atoms with van der Waals surface area (Å²) in [5, 5.41) is 12.4. The molecule has 0 bridgehead atoms. The second kappa shape index (κ2) is 8.67. The normalized spacial score (nSPS) is 14.0. The van der Waals surface area contributed by atoms with E-state index in [4.69, 9.17) is 13.9 Å². The number of esters is 1. The summed E-state index contributed by atoms with van der Waals surface area (Å²) in [6.45, 7) is 0.965. The number of benzene rings is 1. The van der Waals surface area contributed by atoms with Gasteiger partial charge in [0, 0.05) is 28.4 Å². The smallest absolute Gasteiger partial charge is 0.344 e. The zero-order chi connectivity index (χ0) is 21.1. The van der Waals surface area contributed by atoms with Crippen molar-refractivity contribution >= 4 is 34.1 Å². The number of nitriles is 1. The zero-order valence-electron chi connectivity index (χ0n) is 16.5. The minimum Gasteiger partial charge on any atom is -0.482 e. The molecule has 0 aliphatic heterocycles. The van der Waals surface area contributed by atoms with Crippen LogP contribution in [0.4, 0.5) is 0 Å². The number of hydrogen-bond donors (Lipinski definition) is 0. The van der Waals surface area contributed by atoms with Gasteiger partial charge >= 0.3 is 5.97 Å². The highest BCUT2D eigenvalue weighted by molar-refractivity contribution is 7.09. The molecule has 154 valence electrons. The van der Waals surface area contributed by atoms with Gasteiger partial charge in [0.15, 0.2) is 24.9 Å². The Kier molecular flexibility index (Phi) is 5.81. The van der Waals surface area contributed by atoms with E-state index in [1.54, 1.807) is 18.4 Å². The van der Waals surface area contributed by atoms with Gasteiger partial charge in [-0.15, -0.1) is 11.3 Å². The summed E-state index contributed by atoms with van der Waals surface area (Å²) in [5.41, 5.74) is 2.78. The maximum atomic E-state index is 12.2. The molecule has 0 radical (unpaired) electrons. The number of thiazole rings is 1. The molecule has 0 fully saturated rings. The highest BCUT2D eigenvalue weighted by Gasteiger charge is 2.24. The summed E-state index contributed by atoms with van der Waals surface area (Å²) >= 11 is 1.24. The quantitative estimate of drug-likeness (QED) is 0.530. The molecule has 0 spiro atoms. The lowest BCUT2D eigenvalue weighted by atomic mass is 9.96. The Bertz CT molecular complexity index is 1140. The van der Waals surface area contributed by atoms with Gasteiger partial charge in [-0.3, -0.25) is 4.79 Å². The molecule has 0 saturated heterocycles. The first-order chi connectivity index (χ1) is 14.5. The Balaban J connectivity index is 1.32. The fourth-order valence-corrected chi connectivity index (χ4v) is 4.38. The van der Waals surface area contributed by atoms with Crippen LogP contribution >= 0.6 is 11.3 Å². The molecule has 7 nitrogen and oxygen atoms in total. The number of Topliss-reactive ketones (excluding diaryl/α,β-unsaturated/α-hetero) is 1. The summed E-state index contributed by atoms with van der Waals surface area (Å²) in [6, 6.07) is 7.37. The van der Waals surface area contributed by atoms with Crippen molar-refractivity contribution in [3.63, 3.8) is 0 Å². The highest BCUT2D eigenvalue weighted by Crippen LogP contribution is 2.33. The minimum absolute atomic E-state index is 0.327. The average molecular weight is 424 g/mol. The summed E-state index contributed by atoms with van der Waals surface area (Å²) < 4.78 is 16.4. The minimum atomic E-state index is -1.04. The molecule has 30 heavy (non-hydrogen) atoms. The molecule has 1 aromatic carbocycles. The molecule has 1 atom stereocenters. The predicted molar refractivity (Wildman–Crippen MR) is 110 cm³/mol. The van der Waals surface area contributed by atoms with Crippen molar-refractivity contribution in [2.75, 3.05) is 13.2 Å². The number of carbonyl (C=O) groups is 2. The molecule has 2 heterocycles. The predicted octanol–water partition coefficient (Wildman–Crippen LogP) is 3.88. The van der Waals surface area contributed by atoms with Gasteiger partial charge in [-0.05, 0) is 44.4 Å². The molecule has 1 aliphatic carbocycles. The van der Waals surface area contributed by atoms with Crippen LogP contribution in [0.2, 0.25) is 0 Å². The van der Waals surface area contributed by atoms with Crippen LogP contribution in [0.15, 0.2) is 28.0 Å². The van der Waals surface area contributed by atoms with Crippen LogP contribution in [0.25, 0.3) is 11.0 Å². The van der Waals surface area contributed by atoms with E-state index in [1.807, 2.05) is 18.2 Å². The van der Waals surface area contributed by atoms with Gasteiger partial charge in [0.05, 0.1) is 6.07 Å². The summed E-state index contributed by atoms with van der Waals surface area (Å²) in [5.74, 6) is -0.648. The Morgan fingerprint density at radius 1 is 1.30 bits per heavy atom. The van der Waals surface area contributed by atoms with Crippen molar-refractivity contribution in [3.8, 4) is 11.8 Å². The highest BCUT2D eigenvalue weighted by atomic mass is 32.1. The average Bonchev–Trinajstić information content (AvgIpc) is 3.34. The molecule has 0 unspecified atom stereocenters. The van der Waals surface area contributed by atoms with Crippen molar-refractivity contribution in [1.29, 1.82) is 5.26 Å². The van der Waals surface area contributed by atoms with Crippen LogP contribution in [0.5, 0.6) is 5.75 Å². The number of fused-ring (bicyclic) bond motifs is 3. The number of hydrogen-bond acceptors (Lipinski definition) is 8. The molecule has 3 aromatic rings. The van der Waals surface area contributed by atoms with E-state index in [1.165, 1.54) is 16.9 Å². The third-order valence-electron chi connectivity index (χ3n) is 4.99. The second-order valence-electron chi connectivity index (χ2n) is 7.17. The molecular formula is C22H20N2O5S. The van der Waals surface area contributed by atoms with Crippen LogP contribution < -0.4 is 4.74 Å². The number of aromatic nitrogens is 1. The van der Waals surface area contributed by atoms with Gasteiger partial charge < -0.3 is 13.9 Å². The molecule has 0 amide bonds. The standard InChI is InChI=1S/C22H20N2O5S/c1-13-12-30-22(24-13)17(9-23)18(25)10-28-21(26)11-27-14-6-7-20-16(8-14)15-4-2-3-5-19(15)29-20/h6-8,12,17H,2-5,10-11H2,1H3/t17-/m1/s1. The summed E-state index contributed by atoms with van der Waals surface area (Å²) in [7, 11) is 0. The molecule has 1 aliphatic rings. The Hall–Kier alpha value is -3.18. The van der Waals surface area contributed by atoms with Crippen molar-refractivity contribution < 1.29 is 23.5 Å². The lowest BCUT2D eigenvalue weighted by Crippen LogP contribution is -2.22. The van der Waals surface area contributed by atoms with E-state index in [-0.39, 0.29) is 6.61 Å². The molecule has 4 rings (SSSR count).